The second-order valence-electron chi connectivity index (χ2n) is 5.06. The lowest BCUT2D eigenvalue weighted by atomic mass is 10.1. The van der Waals surface area contributed by atoms with Gasteiger partial charge in [-0.25, -0.2) is 0 Å². The topological polar surface area (TPSA) is 68.3 Å². The highest BCUT2D eigenvalue weighted by Gasteiger charge is 2.16. The third-order valence-corrected chi connectivity index (χ3v) is 3.17. The maximum absolute atomic E-state index is 11.7. The number of benzene rings is 1. The molecule has 2 aromatic rings. The van der Waals surface area contributed by atoms with Crippen molar-refractivity contribution < 1.29 is 9.21 Å². The molecule has 0 bridgehead atoms. The molecule has 0 saturated carbocycles. The zero-order valence-electron chi connectivity index (χ0n) is 11.3. The summed E-state index contributed by atoms with van der Waals surface area (Å²) >= 11 is 0. The van der Waals surface area contributed by atoms with E-state index in [0.29, 0.717) is 13.0 Å². The summed E-state index contributed by atoms with van der Waals surface area (Å²) in [4.78, 5) is 11.7. The summed E-state index contributed by atoms with van der Waals surface area (Å²) in [5, 5.41) is 3.92. The number of hydrogen-bond donors (Lipinski definition) is 2. The predicted octanol–water partition coefficient (Wildman–Crippen LogP) is 2.07. The van der Waals surface area contributed by atoms with Gasteiger partial charge in [-0.2, -0.15) is 0 Å². The first-order chi connectivity index (χ1) is 9.08. The summed E-state index contributed by atoms with van der Waals surface area (Å²) in [5.74, 6) is 0.914. The van der Waals surface area contributed by atoms with E-state index in [0.717, 1.165) is 16.7 Å². The van der Waals surface area contributed by atoms with Gasteiger partial charge < -0.3 is 15.5 Å². The molecule has 0 spiro atoms. The van der Waals surface area contributed by atoms with Crippen LogP contribution in [-0.4, -0.2) is 18.5 Å². The Kier molecular flexibility index (Phi) is 4.22. The summed E-state index contributed by atoms with van der Waals surface area (Å²) < 4.78 is 5.68. The van der Waals surface area contributed by atoms with Gasteiger partial charge in [-0.3, -0.25) is 4.79 Å². The third kappa shape index (κ3) is 3.35. The number of rotatable bonds is 5. The normalized spacial score (nSPS) is 12.8. The summed E-state index contributed by atoms with van der Waals surface area (Å²) in [6, 6.07) is 9.42. The fraction of sp³-hybridized carbons (Fsp3) is 0.400. The minimum absolute atomic E-state index is 0.105. The molecule has 0 saturated heterocycles. The molecule has 102 valence electrons. The Labute approximate surface area is 113 Å². The van der Waals surface area contributed by atoms with Gasteiger partial charge >= 0.3 is 0 Å². The molecule has 3 N–H and O–H groups in total. The molecule has 19 heavy (non-hydrogen) atoms. The van der Waals surface area contributed by atoms with E-state index in [9.17, 15) is 4.79 Å². The van der Waals surface area contributed by atoms with Crippen molar-refractivity contribution in [2.45, 2.75) is 26.3 Å². The standard InChI is InChI=1S/C15H20N2O2/c1-10(2)14(16)15(18)17-8-7-12-9-11-5-3-4-6-13(11)19-12/h3-6,9-10,14H,7-8,16H2,1-2H3,(H,17,18)/t14-/m0/s1. The van der Waals surface area contributed by atoms with Crippen LogP contribution in [0.15, 0.2) is 34.7 Å². The van der Waals surface area contributed by atoms with Gasteiger partial charge in [-0.1, -0.05) is 32.0 Å². The average Bonchev–Trinajstić information content (AvgIpc) is 2.80. The maximum atomic E-state index is 11.7. The Morgan fingerprint density at radius 1 is 1.37 bits per heavy atom. The Bertz CT molecular complexity index is 527. The minimum Gasteiger partial charge on any atom is -0.461 e. The fourth-order valence-electron chi connectivity index (χ4n) is 1.89. The smallest absolute Gasteiger partial charge is 0.237 e. The van der Waals surface area contributed by atoms with Gasteiger partial charge in [0.25, 0.3) is 0 Å². The third-order valence-electron chi connectivity index (χ3n) is 3.17. The van der Waals surface area contributed by atoms with Gasteiger partial charge in [-0.15, -0.1) is 0 Å². The van der Waals surface area contributed by atoms with Crippen LogP contribution in [0.25, 0.3) is 11.0 Å². The number of carbonyl (C=O) groups excluding carboxylic acids is 1. The molecule has 0 unspecified atom stereocenters. The van der Waals surface area contributed by atoms with E-state index < -0.39 is 6.04 Å². The monoisotopic (exact) mass is 260 g/mol. The Morgan fingerprint density at radius 2 is 2.11 bits per heavy atom. The number of furan rings is 1. The zero-order chi connectivity index (χ0) is 13.8. The second kappa shape index (κ2) is 5.89. The maximum Gasteiger partial charge on any atom is 0.237 e. The molecule has 0 aliphatic carbocycles. The number of carbonyl (C=O) groups is 1. The van der Waals surface area contributed by atoms with Crippen molar-refractivity contribution >= 4 is 16.9 Å². The number of para-hydroxylation sites is 1. The van der Waals surface area contributed by atoms with Crippen molar-refractivity contribution in [3.8, 4) is 0 Å². The van der Waals surface area contributed by atoms with Crippen LogP contribution in [0.5, 0.6) is 0 Å². The van der Waals surface area contributed by atoms with Crippen LogP contribution < -0.4 is 11.1 Å². The van der Waals surface area contributed by atoms with Gasteiger partial charge in [-0.05, 0) is 18.1 Å². The van der Waals surface area contributed by atoms with E-state index in [1.165, 1.54) is 0 Å². The molecule has 4 nitrogen and oxygen atoms in total. The lowest BCUT2D eigenvalue weighted by molar-refractivity contribution is -0.123. The highest BCUT2D eigenvalue weighted by atomic mass is 16.3. The molecule has 1 atom stereocenters. The lowest BCUT2D eigenvalue weighted by Gasteiger charge is -2.14. The zero-order valence-corrected chi connectivity index (χ0v) is 11.3. The van der Waals surface area contributed by atoms with Crippen LogP contribution in [0, 0.1) is 5.92 Å². The first kappa shape index (κ1) is 13.6. The van der Waals surface area contributed by atoms with E-state index in [-0.39, 0.29) is 11.8 Å². The number of hydrogen-bond acceptors (Lipinski definition) is 3. The van der Waals surface area contributed by atoms with Crippen molar-refractivity contribution in [1.29, 1.82) is 0 Å². The van der Waals surface area contributed by atoms with Crippen molar-refractivity contribution in [2.75, 3.05) is 6.54 Å². The fourth-order valence-corrected chi connectivity index (χ4v) is 1.89. The largest absolute Gasteiger partial charge is 0.461 e. The van der Waals surface area contributed by atoms with Crippen LogP contribution in [0.1, 0.15) is 19.6 Å². The molecule has 0 fully saturated rings. The van der Waals surface area contributed by atoms with Gasteiger partial charge in [0.05, 0.1) is 6.04 Å². The number of fused-ring (bicyclic) bond motifs is 1. The Balaban J connectivity index is 1.87. The van der Waals surface area contributed by atoms with Crippen LogP contribution in [0.2, 0.25) is 0 Å². The first-order valence-corrected chi connectivity index (χ1v) is 6.58. The molecule has 1 aromatic heterocycles. The van der Waals surface area contributed by atoms with Crippen LogP contribution in [0.3, 0.4) is 0 Å². The van der Waals surface area contributed by atoms with E-state index in [4.69, 9.17) is 10.2 Å². The molecule has 4 heteroatoms. The van der Waals surface area contributed by atoms with E-state index in [1.807, 2.05) is 44.2 Å². The summed E-state index contributed by atoms with van der Waals surface area (Å²) in [6.45, 7) is 4.41. The minimum atomic E-state index is -0.448. The summed E-state index contributed by atoms with van der Waals surface area (Å²) in [5.41, 5.74) is 6.64. The number of amides is 1. The lowest BCUT2D eigenvalue weighted by Crippen LogP contribution is -2.44. The first-order valence-electron chi connectivity index (χ1n) is 6.58. The van der Waals surface area contributed by atoms with Crippen molar-refractivity contribution in [3.63, 3.8) is 0 Å². The molecule has 0 aliphatic rings. The van der Waals surface area contributed by atoms with Gasteiger partial charge in [0.15, 0.2) is 0 Å². The number of nitrogens with one attached hydrogen (secondary N) is 1. The molecule has 1 amide bonds. The van der Waals surface area contributed by atoms with E-state index in [1.54, 1.807) is 0 Å². The molecule has 1 heterocycles. The van der Waals surface area contributed by atoms with Crippen LogP contribution in [-0.2, 0) is 11.2 Å². The van der Waals surface area contributed by atoms with Crippen molar-refractivity contribution in [1.82, 2.24) is 5.32 Å². The van der Waals surface area contributed by atoms with Gasteiger partial charge in [0.2, 0.25) is 5.91 Å². The van der Waals surface area contributed by atoms with E-state index in [2.05, 4.69) is 5.32 Å². The molecule has 0 aliphatic heterocycles. The van der Waals surface area contributed by atoms with Gasteiger partial charge in [0, 0.05) is 18.4 Å². The van der Waals surface area contributed by atoms with Crippen molar-refractivity contribution in [3.05, 3.63) is 36.1 Å². The van der Waals surface area contributed by atoms with E-state index >= 15 is 0 Å². The molecular weight excluding hydrogens is 240 g/mol. The van der Waals surface area contributed by atoms with Crippen molar-refractivity contribution in [2.24, 2.45) is 11.7 Å². The van der Waals surface area contributed by atoms with Crippen LogP contribution >= 0.6 is 0 Å². The second-order valence-corrected chi connectivity index (χ2v) is 5.06. The molecule has 0 radical (unpaired) electrons. The highest BCUT2D eigenvalue weighted by molar-refractivity contribution is 5.81. The average molecular weight is 260 g/mol. The summed E-state index contributed by atoms with van der Waals surface area (Å²) in [6.07, 6.45) is 0.672. The summed E-state index contributed by atoms with van der Waals surface area (Å²) in [7, 11) is 0. The van der Waals surface area contributed by atoms with Gasteiger partial charge in [0.1, 0.15) is 11.3 Å². The Hall–Kier alpha value is -1.81. The highest BCUT2D eigenvalue weighted by Crippen LogP contribution is 2.18. The quantitative estimate of drug-likeness (QED) is 0.864. The predicted molar refractivity (Wildman–Crippen MR) is 75.7 cm³/mol. The molecular formula is C15H20N2O2. The molecule has 2 rings (SSSR count). The molecule has 1 aromatic carbocycles. The SMILES string of the molecule is CC(C)[C@H](N)C(=O)NCCc1cc2ccccc2o1. The van der Waals surface area contributed by atoms with Crippen LogP contribution in [0.4, 0.5) is 0 Å². The number of nitrogens with two attached hydrogens (primary N) is 1. The Morgan fingerprint density at radius 3 is 2.79 bits per heavy atom.